The summed E-state index contributed by atoms with van der Waals surface area (Å²) in [5.41, 5.74) is 0. The van der Waals surface area contributed by atoms with E-state index >= 15 is 0 Å². The Bertz CT molecular complexity index is 273. The van der Waals surface area contributed by atoms with Crippen molar-refractivity contribution < 1.29 is 9.53 Å². The van der Waals surface area contributed by atoms with Crippen molar-refractivity contribution in [3.8, 4) is 0 Å². The molecule has 4 nitrogen and oxygen atoms in total. The summed E-state index contributed by atoms with van der Waals surface area (Å²) in [4.78, 5) is 14.3. The molecule has 2 atom stereocenters. The molecule has 1 aliphatic heterocycles. The number of nitrogens with zero attached hydrogens (tertiary/aromatic N) is 1. The summed E-state index contributed by atoms with van der Waals surface area (Å²) < 4.78 is 5.66. The average Bonchev–Trinajstić information content (AvgIpc) is 2.38. The Morgan fingerprint density at radius 1 is 1.40 bits per heavy atom. The maximum absolute atomic E-state index is 12.3. The lowest BCUT2D eigenvalue weighted by atomic mass is 9.97. The second-order valence-corrected chi connectivity index (χ2v) is 6.05. The molecule has 0 aromatic heterocycles. The second kappa shape index (κ2) is 10.4. The topological polar surface area (TPSA) is 41.6 Å². The molecule has 1 N–H and O–H groups in total. The number of ether oxygens (including phenoxy) is 1. The minimum Gasteiger partial charge on any atom is -0.369 e. The Hall–Kier alpha value is -0.320. The number of piperidine rings is 1. The summed E-state index contributed by atoms with van der Waals surface area (Å²) in [6, 6.07) is 0. The van der Waals surface area contributed by atoms with Crippen LogP contribution in [0.1, 0.15) is 40.0 Å². The molecule has 0 radical (unpaired) electrons. The molecule has 120 valence electrons. The first-order chi connectivity index (χ1) is 9.04. The van der Waals surface area contributed by atoms with Crippen molar-refractivity contribution in [1.82, 2.24) is 10.2 Å². The number of rotatable bonds is 7. The summed E-state index contributed by atoms with van der Waals surface area (Å²) >= 11 is 0. The van der Waals surface area contributed by atoms with E-state index in [2.05, 4.69) is 19.2 Å². The van der Waals surface area contributed by atoms with E-state index in [1.807, 2.05) is 18.9 Å². The van der Waals surface area contributed by atoms with Gasteiger partial charge in [-0.3, -0.25) is 4.79 Å². The first-order valence-corrected chi connectivity index (χ1v) is 7.59. The van der Waals surface area contributed by atoms with Gasteiger partial charge >= 0.3 is 0 Å². The molecule has 1 rings (SSSR count). The molecule has 0 saturated carbocycles. The molecule has 1 aliphatic rings. The first kappa shape index (κ1) is 19.7. The summed E-state index contributed by atoms with van der Waals surface area (Å²) in [5, 5.41) is 3.20. The molecule has 0 aromatic rings. The molecular weight excluding hydrogens is 276 g/mol. The van der Waals surface area contributed by atoms with E-state index in [1.54, 1.807) is 0 Å². The van der Waals surface area contributed by atoms with Gasteiger partial charge in [-0.25, -0.2) is 0 Å². The molecule has 1 heterocycles. The quantitative estimate of drug-likeness (QED) is 0.785. The molecule has 1 saturated heterocycles. The predicted molar refractivity (Wildman–Crippen MR) is 85.3 cm³/mol. The Balaban J connectivity index is 0.00000361. The Labute approximate surface area is 130 Å². The first-order valence-electron chi connectivity index (χ1n) is 7.59. The van der Waals surface area contributed by atoms with Crippen LogP contribution in [-0.2, 0) is 9.53 Å². The highest BCUT2D eigenvalue weighted by atomic mass is 35.5. The van der Waals surface area contributed by atoms with E-state index in [0.29, 0.717) is 18.4 Å². The Morgan fingerprint density at radius 2 is 2.10 bits per heavy atom. The lowest BCUT2D eigenvalue weighted by molar-refractivity contribution is -0.144. The normalized spacial score (nSPS) is 20.6. The highest BCUT2D eigenvalue weighted by Crippen LogP contribution is 2.17. The fourth-order valence-electron chi connectivity index (χ4n) is 2.53. The summed E-state index contributed by atoms with van der Waals surface area (Å²) in [5.74, 6) is 1.37. The third-order valence-electron chi connectivity index (χ3n) is 3.73. The molecule has 0 bridgehead atoms. The lowest BCUT2D eigenvalue weighted by Gasteiger charge is -2.34. The zero-order chi connectivity index (χ0) is 14.3. The van der Waals surface area contributed by atoms with Gasteiger partial charge < -0.3 is 15.0 Å². The van der Waals surface area contributed by atoms with E-state index < -0.39 is 0 Å². The predicted octanol–water partition coefficient (Wildman–Crippen LogP) is 2.32. The molecule has 1 amide bonds. The van der Waals surface area contributed by atoms with Gasteiger partial charge in [0.25, 0.3) is 5.91 Å². The molecule has 1 fully saturated rings. The summed E-state index contributed by atoms with van der Waals surface area (Å²) in [6.07, 6.45) is 3.04. The van der Waals surface area contributed by atoms with E-state index in [-0.39, 0.29) is 24.4 Å². The second-order valence-electron chi connectivity index (χ2n) is 6.05. The van der Waals surface area contributed by atoms with Crippen LogP contribution in [0.25, 0.3) is 0 Å². The number of hydrogen-bond acceptors (Lipinski definition) is 3. The highest BCUT2D eigenvalue weighted by molar-refractivity contribution is 5.85. The van der Waals surface area contributed by atoms with E-state index in [4.69, 9.17) is 4.74 Å². The third kappa shape index (κ3) is 6.91. The van der Waals surface area contributed by atoms with Crippen molar-refractivity contribution in [2.75, 3.05) is 33.3 Å². The number of likely N-dealkylation sites (tertiary alicyclic amines) is 1. The maximum Gasteiger partial charge on any atom is 0.251 e. The van der Waals surface area contributed by atoms with Gasteiger partial charge in [-0.1, -0.05) is 13.8 Å². The van der Waals surface area contributed by atoms with Gasteiger partial charge in [-0.2, -0.15) is 0 Å². The van der Waals surface area contributed by atoms with E-state index in [9.17, 15) is 4.79 Å². The number of amides is 1. The fraction of sp³-hybridized carbons (Fsp3) is 0.933. The zero-order valence-electron chi connectivity index (χ0n) is 13.4. The van der Waals surface area contributed by atoms with Crippen molar-refractivity contribution in [2.45, 2.75) is 46.1 Å². The molecule has 20 heavy (non-hydrogen) atoms. The molecule has 0 spiro atoms. The van der Waals surface area contributed by atoms with Crippen LogP contribution in [0.4, 0.5) is 0 Å². The van der Waals surface area contributed by atoms with Gasteiger partial charge in [0.05, 0.1) is 0 Å². The molecular formula is C15H31ClN2O2. The van der Waals surface area contributed by atoms with Gasteiger partial charge in [-0.15, -0.1) is 12.4 Å². The highest BCUT2D eigenvalue weighted by Gasteiger charge is 2.26. The van der Waals surface area contributed by atoms with E-state index in [0.717, 1.165) is 32.5 Å². The molecule has 0 aromatic carbocycles. The largest absolute Gasteiger partial charge is 0.369 e. The number of halogens is 1. The fourth-order valence-corrected chi connectivity index (χ4v) is 2.53. The van der Waals surface area contributed by atoms with Crippen molar-refractivity contribution in [2.24, 2.45) is 11.8 Å². The summed E-state index contributed by atoms with van der Waals surface area (Å²) in [7, 11) is 1.97. The summed E-state index contributed by atoms with van der Waals surface area (Å²) in [6.45, 7) is 9.65. The van der Waals surface area contributed by atoms with Gasteiger partial charge in [0, 0.05) is 19.7 Å². The van der Waals surface area contributed by atoms with Crippen LogP contribution < -0.4 is 5.32 Å². The van der Waals surface area contributed by atoms with Gasteiger partial charge in [0.15, 0.2) is 0 Å². The number of hydrogen-bond donors (Lipinski definition) is 1. The molecule has 2 unspecified atom stereocenters. The SMILES string of the molecule is CNCC1CCCN(C(=O)C(C)OCCC(C)C)C1.Cl. The van der Waals surface area contributed by atoms with Crippen molar-refractivity contribution in [3.63, 3.8) is 0 Å². The third-order valence-corrected chi connectivity index (χ3v) is 3.73. The van der Waals surface area contributed by atoms with Crippen LogP contribution in [0.15, 0.2) is 0 Å². The van der Waals surface area contributed by atoms with Crippen LogP contribution in [0, 0.1) is 11.8 Å². The lowest BCUT2D eigenvalue weighted by Crippen LogP contribution is -2.46. The number of carbonyl (C=O) groups is 1. The average molecular weight is 307 g/mol. The van der Waals surface area contributed by atoms with Crippen LogP contribution in [0.3, 0.4) is 0 Å². The monoisotopic (exact) mass is 306 g/mol. The van der Waals surface area contributed by atoms with Gasteiger partial charge in [-0.05, 0) is 51.6 Å². The maximum atomic E-state index is 12.3. The minimum atomic E-state index is -0.299. The van der Waals surface area contributed by atoms with Crippen molar-refractivity contribution in [1.29, 1.82) is 0 Å². The van der Waals surface area contributed by atoms with Crippen LogP contribution >= 0.6 is 12.4 Å². The molecule has 0 aliphatic carbocycles. The van der Waals surface area contributed by atoms with Crippen LogP contribution in [-0.4, -0.2) is 50.2 Å². The van der Waals surface area contributed by atoms with Crippen LogP contribution in [0.5, 0.6) is 0 Å². The van der Waals surface area contributed by atoms with Gasteiger partial charge in [0.2, 0.25) is 0 Å². The molecule has 5 heteroatoms. The minimum absolute atomic E-state index is 0. The zero-order valence-corrected chi connectivity index (χ0v) is 14.2. The van der Waals surface area contributed by atoms with E-state index in [1.165, 1.54) is 6.42 Å². The smallest absolute Gasteiger partial charge is 0.251 e. The Kier molecular flexibility index (Phi) is 10.2. The van der Waals surface area contributed by atoms with Crippen molar-refractivity contribution >= 4 is 18.3 Å². The van der Waals surface area contributed by atoms with Gasteiger partial charge in [0.1, 0.15) is 6.10 Å². The number of carbonyl (C=O) groups excluding carboxylic acids is 1. The standard InChI is InChI=1S/C15H30N2O2.ClH/c1-12(2)7-9-19-13(3)15(18)17-8-5-6-14(11-17)10-16-4;/h12-14,16H,5-11H2,1-4H3;1H. The Morgan fingerprint density at radius 3 is 2.70 bits per heavy atom. The van der Waals surface area contributed by atoms with Crippen molar-refractivity contribution in [3.05, 3.63) is 0 Å². The number of nitrogens with one attached hydrogen (secondary N) is 1. The van der Waals surface area contributed by atoms with Crippen LogP contribution in [0.2, 0.25) is 0 Å².